The number of amides is 2. The van der Waals surface area contributed by atoms with E-state index in [9.17, 15) is 18.0 Å². The van der Waals surface area contributed by atoms with Crippen molar-refractivity contribution in [1.82, 2.24) is 14.5 Å². The van der Waals surface area contributed by atoms with Gasteiger partial charge in [-0.05, 0) is 52.9 Å². The minimum Gasteiger partial charge on any atom is -0.350 e. The van der Waals surface area contributed by atoms with E-state index in [1.807, 2.05) is 47.8 Å². The summed E-state index contributed by atoms with van der Waals surface area (Å²) in [4.78, 5) is 29.2. The number of fused-ring (bicyclic) bond motifs is 1. The molecule has 2 unspecified atom stereocenters. The zero-order valence-electron chi connectivity index (χ0n) is 20.3. The predicted octanol–water partition coefficient (Wildman–Crippen LogP) is 4.12. The predicted molar refractivity (Wildman–Crippen MR) is 145 cm³/mol. The topological polar surface area (TPSA) is 86.8 Å². The van der Waals surface area contributed by atoms with Gasteiger partial charge in [-0.3, -0.25) is 9.59 Å². The van der Waals surface area contributed by atoms with Crippen molar-refractivity contribution in [3.63, 3.8) is 0 Å². The van der Waals surface area contributed by atoms with Crippen molar-refractivity contribution in [3.05, 3.63) is 101 Å². The SMILES string of the molecule is CC1CN(S(=O)(=O)c2ccccc2)CC(C(=O)NCc2ccc3ccccc3c2)N1C(=O)c1cccs1. The summed E-state index contributed by atoms with van der Waals surface area (Å²) in [5, 5.41) is 6.92. The maximum atomic E-state index is 13.6. The Kier molecular flexibility index (Phi) is 7.10. The zero-order valence-corrected chi connectivity index (χ0v) is 21.9. The average Bonchev–Trinajstić information content (AvgIpc) is 3.46. The molecule has 0 spiro atoms. The first kappa shape index (κ1) is 25.1. The lowest BCUT2D eigenvalue weighted by atomic mass is 10.1. The van der Waals surface area contributed by atoms with Crippen LogP contribution in [0.1, 0.15) is 22.2 Å². The van der Waals surface area contributed by atoms with Gasteiger partial charge in [0, 0.05) is 25.7 Å². The van der Waals surface area contributed by atoms with E-state index in [1.165, 1.54) is 32.7 Å². The number of nitrogens with zero attached hydrogens (tertiary/aromatic N) is 2. The largest absolute Gasteiger partial charge is 0.350 e. The molecule has 7 nitrogen and oxygen atoms in total. The first-order valence-corrected chi connectivity index (χ1v) is 14.3. The second-order valence-electron chi connectivity index (χ2n) is 9.09. The van der Waals surface area contributed by atoms with Gasteiger partial charge in [0.1, 0.15) is 6.04 Å². The molecule has 1 aromatic heterocycles. The molecular formula is C28H27N3O4S2. The summed E-state index contributed by atoms with van der Waals surface area (Å²) < 4.78 is 28.1. The summed E-state index contributed by atoms with van der Waals surface area (Å²) in [7, 11) is -3.84. The smallest absolute Gasteiger partial charge is 0.264 e. The highest BCUT2D eigenvalue weighted by molar-refractivity contribution is 7.89. The van der Waals surface area contributed by atoms with Gasteiger partial charge in [-0.2, -0.15) is 4.31 Å². The normalized spacial score (nSPS) is 18.6. The van der Waals surface area contributed by atoms with Crippen LogP contribution in [-0.4, -0.2) is 54.6 Å². The van der Waals surface area contributed by atoms with Crippen molar-refractivity contribution in [2.24, 2.45) is 0 Å². The van der Waals surface area contributed by atoms with Crippen LogP contribution in [0.2, 0.25) is 0 Å². The third-order valence-electron chi connectivity index (χ3n) is 6.59. The van der Waals surface area contributed by atoms with Crippen molar-refractivity contribution in [1.29, 1.82) is 0 Å². The van der Waals surface area contributed by atoms with E-state index < -0.39 is 28.0 Å². The van der Waals surface area contributed by atoms with E-state index in [0.29, 0.717) is 4.88 Å². The third-order valence-corrected chi connectivity index (χ3v) is 9.29. The first-order chi connectivity index (χ1) is 17.8. The quantitative estimate of drug-likeness (QED) is 0.404. The van der Waals surface area contributed by atoms with Gasteiger partial charge in [0.25, 0.3) is 5.91 Å². The molecule has 0 bridgehead atoms. The van der Waals surface area contributed by atoms with Crippen molar-refractivity contribution >= 4 is 43.9 Å². The van der Waals surface area contributed by atoms with Crippen LogP contribution in [0.5, 0.6) is 0 Å². The average molecular weight is 534 g/mol. The zero-order chi connectivity index (χ0) is 26.0. The van der Waals surface area contributed by atoms with Crippen LogP contribution < -0.4 is 5.32 Å². The number of sulfonamides is 1. The molecule has 1 saturated heterocycles. The number of nitrogens with one attached hydrogen (secondary N) is 1. The molecule has 1 aliphatic rings. The standard InChI is InChI=1S/C28H27N3O4S2/c1-20-18-30(37(34,35)24-10-3-2-4-11-24)19-25(31(20)28(33)26-12-7-15-36-26)27(32)29-17-21-13-14-22-8-5-6-9-23(22)16-21/h2-16,20,25H,17-19H2,1H3,(H,29,32). The molecule has 1 aliphatic heterocycles. The van der Waals surface area contributed by atoms with Crippen LogP contribution in [0.15, 0.2) is 95.2 Å². The molecular weight excluding hydrogens is 506 g/mol. The minimum atomic E-state index is -3.84. The van der Waals surface area contributed by atoms with Crippen molar-refractivity contribution in [2.75, 3.05) is 13.1 Å². The molecule has 3 aromatic carbocycles. The summed E-state index contributed by atoms with van der Waals surface area (Å²) in [6, 6.07) is 24.1. The Morgan fingerprint density at radius 3 is 2.38 bits per heavy atom. The summed E-state index contributed by atoms with van der Waals surface area (Å²) in [5.41, 5.74) is 0.917. The second kappa shape index (κ2) is 10.5. The third kappa shape index (κ3) is 5.16. The Balaban J connectivity index is 1.41. The van der Waals surface area contributed by atoms with E-state index in [-0.39, 0.29) is 30.4 Å². The number of thiophene rings is 1. The maximum absolute atomic E-state index is 13.6. The fourth-order valence-electron chi connectivity index (χ4n) is 4.72. The van der Waals surface area contributed by atoms with Gasteiger partial charge < -0.3 is 10.2 Å². The highest BCUT2D eigenvalue weighted by atomic mass is 32.2. The van der Waals surface area contributed by atoms with Gasteiger partial charge in [-0.1, -0.05) is 60.7 Å². The maximum Gasteiger partial charge on any atom is 0.264 e. The number of rotatable bonds is 6. The fourth-order valence-corrected chi connectivity index (χ4v) is 6.93. The Morgan fingerprint density at radius 1 is 0.919 bits per heavy atom. The number of piperazine rings is 1. The van der Waals surface area contributed by atoms with Crippen molar-refractivity contribution < 1.29 is 18.0 Å². The second-order valence-corrected chi connectivity index (χ2v) is 12.0. The monoisotopic (exact) mass is 533 g/mol. The summed E-state index contributed by atoms with van der Waals surface area (Å²) >= 11 is 1.30. The van der Waals surface area contributed by atoms with Gasteiger partial charge in [0.15, 0.2) is 0 Å². The number of carbonyl (C=O) groups is 2. The molecule has 0 saturated carbocycles. The Bertz CT molecular complexity index is 1520. The lowest BCUT2D eigenvalue weighted by Gasteiger charge is -2.44. The number of benzene rings is 3. The molecule has 0 radical (unpaired) electrons. The van der Waals surface area contributed by atoms with Gasteiger partial charge in [-0.15, -0.1) is 11.3 Å². The van der Waals surface area contributed by atoms with Crippen LogP contribution in [0, 0.1) is 0 Å². The molecule has 2 atom stereocenters. The van der Waals surface area contributed by atoms with Crippen LogP contribution in [0.25, 0.3) is 10.8 Å². The number of hydrogen-bond donors (Lipinski definition) is 1. The summed E-state index contributed by atoms with van der Waals surface area (Å²) in [6.45, 7) is 2.02. The van der Waals surface area contributed by atoms with Gasteiger partial charge in [0.05, 0.1) is 9.77 Å². The van der Waals surface area contributed by atoms with E-state index in [0.717, 1.165) is 16.3 Å². The molecule has 2 heterocycles. The summed E-state index contributed by atoms with van der Waals surface area (Å²) in [6.07, 6.45) is 0. The van der Waals surface area contributed by atoms with E-state index in [4.69, 9.17) is 0 Å². The molecule has 2 amide bonds. The minimum absolute atomic E-state index is 0.1000. The Labute approximate surface area is 220 Å². The highest BCUT2D eigenvalue weighted by Crippen LogP contribution is 2.26. The Morgan fingerprint density at radius 2 is 1.65 bits per heavy atom. The lowest BCUT2D eigenvalue weighted by molar-refractivity contribution is -0.128. The van der Waals surface area contributed by atoms with Gasteiger partial charge in [0.2, 0.25) is 15.9 Å². The molecule has 0 aliphatic carbocycles. The Hall–Kier alpha value is -3.53. The van der Waals surface area contributed by atoms with E-state index in [2.05, 4.69) is 5.32 Å². The molecule has 1 N–H and O–H groups in total. The number of carbonyl (C=O) groups excluding carboxylic acids is 2. The molecule has 4 aromatic rings. The van der Waals surface area contributed by atoms with Crippen LogP contribution in [0.4, 0.5) is 0 Å². The molecule has 5 rings (SSSR count). The van der Waals surface area contributed by atoms with E-state index in [1.54, 1.807) is 37.3 Å². The fraction of sp³-hybridized carbons (Fsp3) is 0.214. The first-order valence-electron chi connectivity index (χ1n) is 12.0. The highest BCUT2D eigenvalue weighted by Gasteiger charge is 2.43. The van der Waals surface area contributed by atoms with Crippen molar-refractivity contribution in [3.8, 4) is 0 Å². The van der Waals surface area contributed by atoms with Crippen LogP contribution >= 0.6 is 11.3 Å². The molecule has 190 valence electrons. The van der Waals surface area contributed by atoms with E-state index >= 15 is 0 Å². The number of hydrogen-bond acceptors (Lipinski definition) is 5. The lowest BCUT2D eigenvalue weighted by Crippen LogP contribution is -2.64. The van der Waals surface area contributed by atoms with Gasteiger partial charge >= 0.3 is 0 Å². The van der Waals surface area contributed by atoms with Gasteiger partial charge in [-0.25, -0.2) is 8.42 Å². The summed E-state index contributed by atoms with van der Waals surface area (Å²) in [5.74, 6) is -0.664. The van der Waals surface area contributed by atoms with Crippen molar-refractivity contribution in [2.45, 2.75) is 30.4 Å². The van der Waals surface area contributed by atoms with Crippen LogP contribution in [-0.2, 0) is 21.4 Å². The van der Waals surface area contributed by atoms with Crippen LogP contribution in [0.3, 0.4) is 0 Å². The molecule has 1 fully saturated rings. The molecule has 9 heteroatoms. The molecule has 37 heavy (non-hydrogen) atoms.